The summed E-state index contributed by atoms with van der Waals surface area (Å²) >= 11 is 0. The number of aliphatic carboxylic acids is 1. The van der Waals surface area contributed by atoms with Crippen LogP contribution in [0.15, 0.2) is 0 Å². The summed E-state index contributed by atoms with van der Waals surface area (Å²) in [6.45, 7) is 11.9. The van der Waals surface area contributed by atoms with Crippen LogP contribution in [0.5, 0.6) is 0 Å². The molecule has 1 aliphatic carbocycles. The predicted molar refractivity (Wildman–Crippen MR) is 74.7 cm³/mol. The summed E-state index contributed by atoms with van der Waals surface area (Å²) in [6, 6.07) is 0.505. The van der Waals surface area contributed by atoms with E-state index in [4.69, 9.17) is 5.11 Å². The van der Waals surface area contributed by atoms with E-state index >= 15 is 0 Å². The lowest BCUT2D eigenvalue weighted by Crippen LogP contribution is -2.55. The summed E-state index contributed by atoms with van der Waals surface area (Å²) < 4.78 is 0. The van der Waals surface area contributed by atoms with Crippen molar-refractivity contribution in [3.63, 3.8) is 0 Å². The summed E-state index contributed by atoms with van der Waals surface area (Å²) in [5.41, 5.74) is 0.332. The van der Waals surface area contributed by atoms with Crippen LogP contribution in [0.4, 0.5) is 0 Å². The molecule has 106 valence electrons. The van der Waals surface area contributed by atoms with E-state index in [1.165, 1.54) is 25.7 Å². The molecule has 0 aromatic carbocycles. The van der Waals surface area contributed by atoms with Gasteiger partial charge in [0.05, 0.1) is 6.42 Å². The second-order valence-corrected chi connectivity index (χ2v) is 7.26. The number of nitrogens with zero attached hydrogens (tertiary/aromatic N) is 1. The summed E-state index contributed by atoms with van der Waals surface area (Å²) in [6.07, 6.45) is 5.26. The largest absolute Gasteiger partial charge is 0.481 e. The van der Waals surface area contributed by atoms with Crippen LogP contribution in [0.3, 0.4) is 0 Å². The Hall–Kier alpha value is -0.570. The van der Waals surface area contributed by atoms with E-state index in [-0.39, 0.29) is 12.0 Å². The molecule has 1 rings (SSSR count). The molecule has 18 heavy (non-hydrogen) atoms. The Labute approximate surface area is 112 Å². The molecule has 1 unspecified atom stereocenters. The third-order valence-electron chi connectivity index (χ3n) is 4.26. The number of carboxylic acids is 1. The Kier molecular flexibility index (Phi) is 4.82. The predicted octanol–water partition coefficient (Wildman–Crippen LogP) is 3.53. The smallest absolute Gasteiger partial charge is 0.304 e. The first kappa shape index (κ1) is 15.5. The highest BCUT2D eigenvalue weighted by molar-refractivity contribution is 5.66. The summed E-state index contributed by atoms with van der Waals surface area (Å²) in [7, 11) is 0. The zero-order chi connectivity index (χ0) is 14.0. The standard InChI is InChI=1S/C15H29NO2/c1-14(2,3)16(11-9-13(17)18)12-8-6-7-10-15(12,4)5/h12H,6-11H2,1-5H3,(H,17,18). The van der Waals surface area contributed by atoms with Gasteiger partial charge < -0.3 is 5.11 Å². The quantitative estimate of drug-likeness (QED) is 0.835. The Morgan fingerprint density at radius 1 is 1.33 bits per heavy atom. The van der Waals surface area contributed by atoms with Gasteiger partial charge in [-0.1, -0.05) is 26.7 Å². The number of rotatable bonds is 4. The first-order valence-electron chi connectivity index (χ1n) is 7.13. The highest BCUT2D eigenvalue weighted by atomic mass is 16.4. The van der Waals surface area contributed by atoms with Crippen LogP contribution in [-0.2, 0) is 4.79 Å². The third-order valence-corrected chi connectivity index (χ3v) is 4.26. The lowest BCUT2D eigenvalue weighted by molar-refractivity contribution is -0.138. The second-order valence-electron chi connectivity index (χ2n) is 7.26. The molecule has 0 aromatic rings. The Bertz CT molecular complexity index is 291. The maximum absolute atomic E-state index is 10.8. The lowest BCUT2D eigenvalue weighted by atomic mass is 9.71. The van der Waals surface area contributed by atoms with Crippen molar-refractivity contribution >= 4 is 5.97 Å². The van der Waals surface area contributed by atoms with Crippen LogP contribution < -0.4 is 0 Å². The van der Waals surface area contributed by atoms with Crippen LogP contribution in [0.1, 0.15) is 66.7 Å². The van der Waals surface area contributed by atoms with E-state index in [0.717, 1.165) is 0 Å². The van der Waals surface area contributed by atoms with Gasteiger partial charge in [-0.25, -0.2) is 0 Å². The molecule has 0 spiro atoms. The van der Waals surface area contributed by atoms with Crippen LogP contribution in [0.25, 0.3) is 0 Å². The van der Waals surface area contributed by atoms with Gasteiger partial charge in [0.25, 0.3) is 0 Å². The maximum atomic E-state index is 10.8. The minimum Gasteiger partial charge on any atom is -0.481 e. The molecule has 1 fully saturated rings. The molecule has 0 saturated heterocycles. The number of hydrogen-bond donors (Lipinski definition) is 1. The van der Waals surface area contributed by atoms with Gasteiger partial charge in [-0.3, -0.25) is 9.69 Å². The normalized spacial score (nSPS) is 24.2. The van der Waals surface area contributed by atoms with Crippen molar-refractivity contribution in [1.82, 2.24) is 4.90 Å². The monoisotopic (exact) mass is 255 g/mol. The number of carboxylic acid groups (broad SMARTS) is 1. The van der Waals surface area contributed by atoms with E-state index < -0.39 is 5.97 Å². The fourth-order valence-corrected chi connectivity index (χ4v) is 3.23. The van der Waals surface area contributed by atoms with Crippen molar-refractivity contribution in [2.24, 2.45) is 5.41 Å². The van der Waals surface area contributed by atoms with E-state index in [9.17, 15) is 4.79 Å². The van der Waals surface area contributed by atoms with E-state index in [1.54, 1.807) is 0 Å². The molecule has 0 amide bonds. The lowest BCUT2D eigenvalue weighted by Gasteiger charge is -2.50. The third kappa shape index (κ3) is 3.98. The van der Waals surface area contributed by atoms with Crippen LogP contribution in [0.2, 0.25) is 0 Å². The Balaban J connectivity index is 2.84. The summed E-state index contributed by atoms with van der Waals surface area (Å²) in [5.74, 6) is -0.696. The van der Waals surface area contributed by atoms with Crippen LogP contribution in [-0.4, -0.2) is 34.1 Å². The molecule has 0 radical (unpaired) electrons. The topological polar surface area (TPSA) is 40.5 Å². The first-order chi connectivity index (χ1) is 8.14. The van der Waals surface area contributed by atoms with Gasteiger partial charge in [0.1, 0.15) is 0 Å². The van der Waals surface area contributed by atoms with Crippen molar-refractivity contribution in [2.75, 3.05) is 6.54 Å². The molecule has 1 atom stereocenters. The van der Waals surface area contributed by atoms with Crippen molar-refractivity contribution in [3.05, 3.63) is 0 Å². The van der Waals surface area contributed by atoms with Gasteiger partial charge in [-0.05, 0) is 39.0 Å². The average Bonchev–Trinajstić information content (AvgIpc) is 2.17. The van der Waals surface area contributed by atoms with Gasteiger partial charge in [0.15, 0.2) is 0 Å². The molecular formula is C15H29NO2. The fourth-order valence-electron chi connectivity index (χ4n) is 3.23. The highest BCUT2D eigenvalue weighted by Crippen LogP contribution is 2.41. The SMILES string of the molecule is CC1(C)CCCCC1N(CCC(=O)O)C(C)(C)C. The molecule has 0 heterocycles. The Morgan fingerprint density at radius 3 is 2.39 bits per heavy atom. The van der Waals surface area contributed by atoms with Gasteiger partial charge in [0, 0.05) is 18.1 Å². The first-order valence-corrected chi connectivity index (χ1v) is 7.13. The fraction of sp³-hybridized carbons (Fsp3) is 0.933. The zero-order valence-corrected chi connectivity index (χ0v) is 12.6. The molecule has 1 N–H and O–H groups in total. The maximum Gasteiger partial charge on any atom is 0.304 e. The van der Waals surface area contributed by atoms with Crippen LogP contribution >= 0.6 is 0 Å². The van der Waals surface area contributed by atoms with Crippen molar-refractivity contribution < 1.29 is 9.90 Å². The van der Waals surface area contributed by atoms with Gasteiger partial charge >= 0.3 is 5.97 Å². The molecule has 1 saturated carbocycles. The molecule has 0 aromatic heterocycles. The average molecular weight is 255 g/mol. The molecular weight excluding hydrogens is 226 g/mol. The van der Waals surface area contributed by atoms with Gasteiger partial charge in [0.2, 0.25) is 0 Å². The summed E-state index contributed by atoms with van der Waals surface area (Å²) in [4.78, 5) is 13.3. The van der Waals surface area contributed by atoms with E-state index in [0.29, 0.717) is 18.0 Å². The van der Waals surface area contributed by atoms with Crippen molar-refractivity contribution in [3.8, 4) is 0 Å². The van der Waals surface area contributed by atoms with Crippen LogP contribution in [0, 0.1) is 5.41 Å². The second kappa shape index (κ2) is 5.60. The minimum atomic E-state index is -0.696. The van der Waals surface area contributed by atoms with Gasteiger partial charge in [-0.2, -0.15) is 0 Å². The molecule has 0 bridgehead atoms. The molecule has 3 heteroatoms. The molecule has 0 aliphatic heterocycles. The van der Waals surface area contributed by atoms with E-state index in [1.807, 2.05) is 0 Å². The number of carbonyl (C=O) groups is 1. The number of hydrogen-bond acceptors (Lipinski definition) is 2. The van der Waals surface area contributed by atoms with Gasteiger partial charge in [-0.15, -0.1) is 0 Å². The minimum absolute atomic E-state index is 0.0364. The van der Waals surface area contributed by atoms with E-state index in [2.05, 4.69) is 39.5 Å². The van der Waals surface area contributed by atoms with Crippen molar-refractivity contribution in [1.29, 1.82) is 0 Å². The molecule has 1 aliphatic rings. The Morgan fingerprint density at radius 2 is 1.94 bits per heavy atom. The highest BCUT2D eigenvalue weighted by Gasteiger charge is 2.40. The molecule has 3 nitrogen and oxygen atoms in total. The zero-order valence-electron chi connectivity index (χ0n) is 12.6. The summed E-state index contributed by atoms with van der Waals surface area (Å²) in [5, 5.41) is 8.93. The van der Waals surface area contributed by atoms with Crippen molar-refractivity contribution in [2.45, 2.75) is 78.3 Å².